The van der Waals surface area contributed by atoms with E-state index in [1.165, 1.54) is 18.1 Å². The lowest BCUT2D eigenvalue weighted by Gasteiger charge is -2.13. The van der Waals surface area contributed by atoms with E-state index in [-0.39, 0.29) is 51.4 Å². The lowest BCUT2D eigenvalue weighted by molar-refractivity contribution is -0.385. The predicted molar refractivity (Wildman–Crippen MR) is 98.1 cm³/mol. The summed E-state index contributed by atoms with van der Waals surface area (Å²) in [7, 11) is 1.25. The minimum atomic E-state index is -0.973. The normalized spacial score (nSPS) is 15.6. The van der Waals surface area contributed by atoms with E-state index in [0.717, 1.165) is 23.9 Å². The number of methoxy groups -OCH3 is 1. The molecule has 1 fully saturated rings. The van der Waals surface area contributed by atoms with Gasteiger partial charge in [0.1, 0.15) is 4.32 Å². The molecule has 0 radical (unpaired) electrons. The van der Waals surface area contributed by atoms with E-state index in [9.17, 15) is 24.8 Å². The van der Waals surface area contributed by atoms with Crippen LogP contribution in [0, 0.1) is 10.1 Å². The number of nitro benzene ring substituents is 1. The molecule has 1 amide bonds. The van der Waals surface area contributed by atoms with Crippen molar-refractivity contribution >= 4 is 51.9 Å². The Kier molecular flexibility index (Phi) is 6.16. The zero-order valence-electron chi connectivity index (χ0n) is 13.5. The van der Waals surface area contributed by atoms with Crippen LogP contribution in [0.2, 0.25) is 0 Å². The molecule has 1 aliphatic rings. The average molecular weight is 398 g/mol. The highest BCUT2D eigenvalue weighted by Crippen LogP contribution is 2.39. The lowest BCUT2D eigenvalue weighted by Crippen LogP contribution is -2.29. The summed E-state index contributed by atoms with van der Waals surface area (Å²) in [5, 5.41) is 29.8. The van der Waals surface area contributed by atoms with Gasteiger partial charge in [0.2, 0.25) is 0 Å². The number of thioether (sulfide) groups is 1. The third-order valence-corrected chi connectivity index (χ3v) is 4.83. The van der Waals surface area contributed by atoms with E-state index < -0.39 is 16.8 Å². The molecule has 1 heterocycles. The fourth-order valence-corrected chi connectivity index (χ4v) is 3.51. The van der Waals surface area contributed by atoms with E-state index >= 15 is 0 Å². The predicted octanol–water partition coefficient (Wildman–Crippen LogP) is 2.38. The molecule has 1 aromatic rings. The molecule has 0 unspecified atom stereocenters. The minimum absolute atomic E-state index is 0.0436. The van der Waals surface area contributed by atoms with Gasteiger partial charge in [0, 0.05) is 24.6 Å². The van der Waals surface area contributed by atoms with Crippen LogP contribution in [-0.2, 0) is 9.59 Å². The van der Waals surface area contributed by atoms with Gasteiger partial charge < -0.3 is 14.9 Å². The summed E-state index contributed by atoms with van der Waals surface area (Å²) in [6, 6.07) is 2.19. The van der Waals surface area contributed by atoms with Gasteiger partial charge in [-0.25, -0.2) is 0 Å². The van der Waals surface area contributed by atoms with Crippen molar-refractivity contribution in [3.8, 4) is 11.5 Å². The molecule has 1 aromatic carbocycles. The number of carbonyl (C=O) groups is 2. The van der Waals surface area contributed by atoms with Crippen LogP contribution in [0.1, 0.15) is 18.4 Å². The number of nitro groups is 1. The number of aromatic hydroxyl groups is 1. The van der Waals surface area contributed by atoms with Gasteiger partial charge in [0.15, 0.2) is 11.5 Å². The molecule has 1 aliphatic heterocycles. The maximum Gasteiger partial charge on any atom is 0.303 e. The van der Waals surface area contributed by atoms with Crippen LogP contribution in [0.5, 0.6) is 11.5 Å². The first kappa shape index (κ1) is 19.7. The van der Waals surface area contributed by atoms with Crippen LogP contribution >= 0.6 is 24.0 Å². The van der Waals surface area contributed by atoms with Crippen molar-refractivity contribution < 1.29 is 29.5 Å². The highest BCUT2D eigenvalue weighted by molar-refractivity contribution is 8.26. The Morgan fingerprint density at radius 3 is 2.77 bits per heavy atom. The molecule has 0 atom stereocenters. The Labute approximate surface area is 157 Å². The van der Waals surface area contributed by atoms with Crippen LogP contribution in [0.15, 0.2) is 17.0 Å². The van der Waals surface area contributed by atoms with Crippen molar-refractivity contribution in [2.24, 2.45) is 0 Å². The number of benzene rings is 1. The highest BCUT2D eigenvalue weighted by Gasteiger charge is 2.32. The average Bonchev–Trinajstić information content (AvgIpc) is 2.83. The molecule has 0 aliphatic carbocycles. The number of carboxylic acids is 1. The molecule has 0 spiro atoms. The van der Waals surface area contributed by atoms with E-state index in [0.29, 0.717) is 0 Å². The summed E-state index contributed by atoms with van der Waals surface area (Å²) >= 11 is 6.09. The first-order valence-electron chi connectivity index (χ1n) is 7.27. The Morgan fingerprint density at radius 1 is 1.50 bits per heavy atom. The molecule has 9 nitrogen and oxygen atoms in total. The van der Waals surface area contributed by atoms with E-state index in [4.69, 9.17) is 22.1 Å². The largest absolute Gasteiger partial charge is 0.504 e. The van der Waals surface area contributed by atoms with Gasteiger partial charge in [-0.3, -0.25) is 24.6 Å². The van der Waals surface area contributed by atoms with Gasteiger partial charge in [0.05, 0.1) is 23.0 Å². The summed E-state index contributed by atoms with van der Waals surface area (Å²) in [4.78, 5) is 34.8. The van der Waals surface area contributed by atoms with Crippen molar-refractivity contribution in [3.05, 3.63) is 32.7 Å². The number of phenols is 1. The summed E-state index contributed by atoms with van der Waals surface area (Å²) in [6.07, 6.45) is 1.44. The van der Waals surface area contributed by atoms with Gasteiger partial charge in [-0.15, -0.1) is 0 Å². The van der Waals surface area contributed by atoms with Gasteiger partial charge in [0.25, 0.3) is 11.6 Å². The number of amides is 1. The van der Waals surface area contributed by atoms with E-state index in [1.807, 2.05) is 0 Å². The van der Waals surface area contributed by atoms with Crippen molar-refractivity contribution in [2.45, 2.75) is 12.8 Å². The van der Waals surface area contributed by atoms with Gasteiger partial charge in [-0.2, -0.15) is 0 Å². The Balaban J connectivity index is 2.31. The van der Waals surface area contributed by atoms with Crippen molar-refractivity contribution in [3.63, 3.8) is 0 Å². The lowest BCUT2D eigenvalue weighted by atomic mass is 10.1. The molecule has 11 heteroatoms. The van der Waals surface area contributed by atoms with Crippen LogP contribution in [0.3, 0.4) is 0 Å². The number of carbonyl (C=O) groups excluding carboxylic acids is 1. The molecular formula is C15H14N2O7S2. The van der Waals surface area contributed by atoms with Crippen LogP contribution in [0.25, 0.3) is 6.08 Å². The number of rotatable bonds is 7. The number of ether oxygens (including phenoxy) is 1. The fourth-order valence-electron chi connectivity index (χ4n) is 2.21. The second kappa shape index (κ2) is 8.15. The molecule has 0 saturated carbocycles. The minimum Gasteiger partial charge on any atom is -0.504 e. The van der Waals surface area contributed by atoms with Crippen molar-refractivity contribution in [2.75, 3.05) is 13.7 Å². The monoisotopic (exact) mass is 398 g/mol. The zero-order valence-corrected chi connectivity index (χ0v) is 15.1. The van der Waals surface area contributed by atoms with Crippen molar-refractivity contribution in [1.82, 2.24) is 4.90 Å². The Hall–Kier alpha value is -2.66. The molecule has 2 rings (SSSR count). The molecule has 2 N–H and O–H groups in total. The number of thiocarbonyl (C=S) groups is 1. The first-order chi connectivity index (χ1) is 12.2. The molecule has 1 saturated heterocycles. The number of non-ortho nitro benzene ring substituents is 1. The van der Waals surface area contributed by atoms with E-state index in [1.54, 1.807) is 0 Å². The van der Waals surface area contributed by atoms with Gasteiger partial charge in [-0.1, -0.05) is 24.0 Å². The second-order valence-electron chi connectivity index (χ2n) is 5.17. The topological polar surface area (TPSA) is 130 Å². The third-order valence-electron chi connectivity index (χ3n) is 3.45. The number of hydrogen-bond donors (Lipinski definition) is 2. The number of aliphatic carboxylic acids is 1. The molecule has 0 bridgehead atoms. The number of carboxylic acid groups (broad SMARTS) is 1. The van der Waals surface area contributed by atoms with Gasteiger partial charge in [-0.05, 0) is 12.5 Å². The summed E-state index contributed by atoms with van der Waals surface area (Å²) < 4.78 is 5.17. The standard InChI is InChI=1S/C15H14N2O7S2/c1-24-10-7-9(17(22)23)5-8(13(10)20)6-11-14(21)16(15(25)26-11)4-2-3-12(18)19/h5-7,20H,2-4H2,1H3,(H,18,19)/b11-6-. The third kappa shape index (κ3) is 4.29. The maximum atomic E-state index is 12.4. The Morgan fingerprint density at radius 2 is 2.19 bits per heavy atom. The smallest absolute Gasteiger partial charge is 0.303 e. The van der Waals surface area contributed by atoms with Crippen LogP contribution in [-0.4, -0.2) is 49.9 Å². The Bertz CT molecular complexity index is 822. The van der Waals surface area contributed by atoms with Crippen LogP contribution < -0.4 is 4.74 Å². The molecule has 138 valence electrons. The SMILES string of the molecule is COc1cc([N+](=O)[O-])cc(/C=C2\SC(=S)N(CCCC(=O)O)C2=O)c1O. The maximum absolute atomic E-state index is 12.4. The number of nitrogens with zero attached hydrogens (tertiary/aromatic N) is 2. The van der Waals surface area contributed by atoms with Crippen LogP contribution in [0.4, 0.5) is 5.69 Å². The number of phenolic OH excluding ortho intramolecular Hbond substituents is 1. The van der Waals surface area contributed by atoms with E-state index in [2.05, 4.69) is 0 Å². The quantitative estimate of drug-likeness (QED) is 0.307. The summed E-state index contributed by atoms with van der Waals surface area (Å²) in [6.45, 7) is 0.151. The molecule has 26 heavy (non-hydrogen) atoms. The second-order valence-corrected chi connectivity index (χ2v) is 6.85. The zero-order chi connectivity index (χ0) is 19.4. The highest BCUT2D eigenvalue weighted by atomic mass is 32.2. The number of hydrogen-bond acceptors (Lipinski definition) is 8. The first-order valence-corrected chi connectivity index (χ1v) is 8.49. The summed E-state index contributed by atoms with van der Waals surface area (Å²) in [5.74, 6) is -1.86. The molecular weight excluding hydrogens is 384 g/mol. The fraction of sp³-hybridized carbons (Fsp3) is 0.267. The van der Waals surface area contributed by atoms with Crippen molar-refractivity contribution in [1.29, 1.82) is 0 Å². The molecule has 0 aromatic heterocycles. The summed E-state index contributed by atoms with van der Waals surface area (Å²) in [5.41, 5.74) is -0.259. The van der Waals surface area contributed by atoms with Gasteiger partial charge >= 0.3 is 5.97 Å².